The average molecular weight is 243 g/mol. The van der Waals surface area contributed by atoms with Crippen LogP contribution in [0.15, 0.2) is 41.1 Å². The van der Waals surface area contributed by atoms with Crippen molar-refractivity contribution in [2.24, 2.45) is 0 Å². The van der Waals surface area contributed by atoms with Crippen molar-refractivity contribution >= 4 is 17.4 Å². The fourth-order valence-electron chi connectivity index (χ4n) is 1.79. The monoisotopic (exact) mass is 243 g/mol. The Morgan fingerprint density at radius 2 is 2.28 bits per heavy atom. The molecule has 0 saturated carbocycles. The second-order valence-electron chi connectivity index (χ2n) is 3.77. The molecule has 0 saturated heterocycles. The predicted octanol–water partition coefficient (Wildman–Crippen LogP) is 1.87. The van der Waals surface area contributed by atoms with Gasteiger partial charge in [-0.15, -0.1) is 0 Å². The summed E-state index contributed by atoms with van der Waals surface area (Å²) in [7, 11) is 0. The molecule has 0 aliphatic rings. The molecular formula is C12H9N3O3. The molecule has 90 valence electrons. The molecule has 0 bridgehead atoms. The van der Waals surface area contributed by atoms with Crippen molar-refractivity contribution < 1.29 is 14.3 Å². The van der Waals surface area contributed by atoms with Crippen LogP contribution in [0.25, 0.3) is 17.1 Å². The van der Waals surface area contributed by atoms with Crippen LogP contribution in [-0.2, 0) is 0 Å². The zero-order valence-electron chi connectivity index (χ0n) is 9.20. The van der Waals surface area contributed by atoms with Gasteiger partial charge in [0.15, 0.2) is 5.76 Å². The van der Waals surface area contributed by atoms with Crippen molar-refractivity contribution in [3.8, 4) is 11.5 Å². The van der Waals surface area contributed by atoms with Crippen molar-refractivity contribution in [3.63, 3.8) is 0 Å². The summed E-state index contributed by atoms with van der Waals surface area (Å²) >= 11 is 0. The summed E-state index contributed by atoms with van der Waals surface area (Å²) in [6, 6.07) is 6.42. The lowest BCUT2D eigenvalue weighted by atomic mass is 10.3. The van der Waals surface area contributed by atoms with Crippen molar-refractivity contribution in [2.45, 2.75) is 0 Å². The molecule has 3 rings (SSSR count). The van der Waals surface area contributed by atoms with Gasteiger partial charge < -0.3 is 15.3 Å². The summed E-state index contributed by atoms with van der Waals surface area (Å²) in [6.07, 6.45) is 3.11. The third kappa shape index (κ3) is 1.43. The summed E-state index contributed by atoms with van der Waals surface area (Å²) in [5.41, 5.74) is 7.09. The van der Waals surface area contributed by atoms with Gasteiger partial charge in [0.25, 0.3) is 0 Å². The third-order valence-electron chi connectivity index (χ3n) is 2.66. The number of carboxylic acids is 1. The zero-order chi connectivity index (χ0) is 12.7. The van der Waals surface area contributed by atoms with Gasteiger partial charge in [0, 0.05) is 6.20 Å². The Kier molecular flexibility index (Phi) is 2.09. The number of fused-ring (bicyclic) bond motifs is 1. The van der Waals surface area contributed by atoms with Crippen LogP contribution in [0.3, 0.4) is 0 Å². The number of rotatable bonds is 2. The highest BCUT2D eigenvalue weighted by Crippen LogP contribution is 2.26. The Morgan fingerprint density at radius 1 is 1.44 bits per heavy atom. The molecule has 3 heterocycles. The number of imidazole rings is 1. The van der Waals surface area contributed by atoms with Gasteiger partial charge in [-0.05, 0) is 24.3 Å². The van der Waals surface area contributed by atoms with Crippen LogP contribution >= 0.6 is 0 Å². The van der Waals surface area contributed by atoms with E-state index in [0.29, 0.717) is 22.9 Å². The largest absolute Gasteiger partial charge is 0.478 e. The Labute approximate surface area is 101 Å². The summed E-state index contributed by atoms with van der Waals surface area (Å²) in [5.74, 6) is -0.0383. The van der Waals surface area contributed by atoms with Crippen LogP contribution in [0.5, 0.6) is 0 Å². The minimum atomic E-state index is -1.00. The molecule has 0 aliphatic heterocycles. The quantitative estimate of drug-likeness (QED) is 0.716. The second kappa shape index (κ2) is 3.63. The molecule has 18 heavy (non-hydrogen) atoms. The molecule has 0 unspecified atom stereocenters. The van der Waals surface area contributed by atoms with E-state index in [1.54, 1.807) is 22.7 Å². The minimum Gasteiger partial charge on any atom is -0.478 e. The van der Waals surface area contributed by atoms with Gasteiger partial charge in [0.2, 0.25) is 0 Å². The number of pyridine rings is 1. The van der Waals surface area contributed by atoms with Crippen LogP contribution in [0.1, 0.15) is 10.4 Å². The predicted molar refractivity (Wildman–Crippen MR) is 64.3 cm³/mol. The lowest BCUT2D eigenvalue weighted by Crippen LogP contribution is -1.99. The number of hydrogen-bond donors (Lipinski definition) is 2. The molecule has 0 aliphatic carbocycles. The number of aromatic nitrogens is 2. The topological polar surface area (TPSA) is 93.8 Å². The number of nitrogen functional groups attached to an aromatic ring is 1. The molecule has 0 spiro atoms. The number of anilines is 1. The number of hydrogen-bond acceptors (Lipinski definition) is 4. The highest BCUT2D eigenvalue weighted by molar-refractivity contribution is 5.89. The average Bonchev–Trinajstić information content (AvgIpc) is 2.97. The van der Waals surface area contributed by atoms with E-state index in [1.807, 2.05) is 0 Å². The van der Waals surface area contributed by atoms with E-state index in [2.05, 4.69) is 4.98 Å². The summed E-state index contributed by atoms with van der Waals surface area (Å²) in [5, 5.41) is 8.92. The molecule has 3 aromatic heterocycles. The first-order valence-corrected chi connectivity index (χ1v) is 5.21. The van der Waals surface area contributed by atoms with E-state index in [9.17, 15) is 4.79 Å². The Balaban J connectivity index is 2.25. The van der Waals surface area contributed by atoms with Crippen LogP contribution in [-0.4, -0.2) is 20.5 Å². The van der Waals surface area contributed by atoms with Gasteiger partial charge in [-0.25, -0.2) is 9.78 Å². The number of nitrogens with two attached hydrogens (primary N) is 1. The van der Waals surface area contributed by atoms with Gasteiger partial charge in [0.1, 0.15) is 17.2 Å². The van der Waals surface area contributed by atoms with Crippen molar-refractivity contribution in [1.82, 2.24) is 9.38 Å². The number of nitrogens with zero attached hydrogens (tertiary/aromatic N) is 2. The van der Waals surface area contributed by atoms with Gasteiger partial charge in [-0.1, -0.05) is 0 Å². The van der Waals surface area contributed by atoms with Crippen LogP contribution in [0.2, 0.25) is 0 Å². The van der Waals surface area contributed by atoms with Gasteiger partial charge in [-0.2, -0.15) is 0 Å². The van der Waals surface area contributed by atoms with E-state index in [1.165, 1.54) is 18.4 Å². The fourth-order valence-corrected chi connectivity index (χ4v) is 1.79. The maximum Gasteiger partial charge on any atom is 0.335 e. The normalized spacial score (nSPS) is 10.9. The first kappa shape index (κ1) is 10.4. The second-order valence-corrected chi connectivity index (χ2v) is 3.77. The molecule has 6 heteroatoms. The van der Waals surface area contributed by atoms with E-state index < -0.39 is 5.97 Å². The minimum absolute atomic E-state index is 0.165. The third-order valence-corrected chi connectivity index (χ3v) is 2.66. The van der Waals surface area contributed by atoms with E-state index in [4.69, 9.17) is 15.3 Å². The van der Waals surface area contributed by atoms with Crippen LogP contribution < -0.4 is 5.73 Å². The lowest BCUT2D eigenvalue weighted by Gasteiger charge is -1.97. The Morgan fingerprint density at radius 3 is 2.94 bits per heavy atom. The summed E-state index contributed by atoms with van der Waals surface area (Å²) in [6.45, 7) is 0. The maximum atomic E-state index is 10.9. The van der Waals surface area contributed by atoms with Crippen LogP contribution in [0, 0.1) is 0 Å². The molecule has 6 nitrogen and oxygen atoms in total. The SMILES string of the molecule is Nc1c(-c2ccco2)nc2cc(C(=O)O)ccn12. The van der Waals surface area contributed by atoms with Crippen molar-refractivity contribution in [3.05, 3.63) is 42.3 Å². The molecule has 3 N–H and O–H groups in total. The zero-order valence-corrected chi connectivity index (χ0v) is 9.20. The Hall–Kier alpha value is -2.76. The van der Waals surface area contributed by atoms with E-state index >= 15 is 0 Å². The summed E-state index contributed by atoms with van der Waals surface area (Å²) in [4.78, 5) is 15.2. The first-order valence-electron chi connectivity index (χ1n) is 5.21. The number of furan rings is 1. The van der Waals surface area contributed by atoms with Crippen LogP contribution in [0.4, 0.5) is 5.82 Å². The molecule has 0 fully saturated rings. The lowest BCUT2D eigenvalue weighted by molar-refractivity contribution is 0.0697. The van der Waals surface area contributed by atoms with Gasteiger partial charge in [0.05, 0.1) is 11.8 Å². The Bertz CT molecular complexity index is 728. The van der Waals surface area contributed by atoms with E-state index in [0.717, 1.165) is 0 Å². The summed E-state index contributed by atoms with van der Waals surface area (Å²) < 4.78 is 6.85. The molecule has 3 aromatic rings. The molecule has 0 atom stereocenters. The van der Waals surface area contributed by atoms with Gasteiger partial charge >= 0.3 is 5.97 Å². The molecule has 0 amide bonds. The molecule has 0 radical (unpaired) electrons. The highest BCUT2D eigenvalue weighted by Gasteiger charge is 2.14. The van der Waals surface area contributed by atoms with Gasteiger partial charge in [-0.3, -0.25) is 4.40 Å². The smallest absolute Gasteiger partial charge is 0.335 e. The first-order chi connectivity index (χ1) is 8.66. The molecular weight excluding hydrogens is 234 g/mol. The standard InChI is InChI=1S/C12H9N3O3/c13-11-10(8-2-1-5-18-8)14-9-6-7(12(16)17)3-4-15(9)11/h1-6H,13H2,(H,16,17). The number of aromatic carboxylic acids is 1. The highest BCUT2D eigenvalue weighted by atomic mass is 16.4. The van der Waals surface area contributed by atoms with Crippen molar-refractivity contribution in [1.29, 1.82) is 0 Å². The molecule has 0 aromatic carbocycles. The van der Waals surface area contributed by atoms with Crippen molar-refractivity contribution in [2.75, 3.05) is 5.73 Å². The number of carbonyl (C=O) groups is 1. The fraction of sp³-hybridized carbons (Fsp3) is 0. The number of carboxylic acid groups (broad SMARTS) is 1. The maximum absolute atomic E-state index is 10.9. The van der Waals surface area contributed by atoms with E-state index in [-0.39, 0.29) is 5.56 Å².